The highest BCUT2D eigenvalue weighted by molar-refractivity contribution is 5.91. The number of aliphatic hydroxyl groups excluding tert-OH is 5. The fourth-order valence-electron chi connectivity index (χ4n) is 5.82. The average molecular weight is 711 g/mol. The van der Waals surface area contributed by atoms with Crippen molar-refractivity contribution in [2.45, 2.75) is 108 Å². The van der Waals surface area contributed by atoms with Crippen molar-refractivity contribution < 1.29 is 74.1 Å². The minimum absolute atomic E-state index is 0.130. The lowest BCUT2D eigenvalue weighted by Gasteiger charge is -2.44. The third-order valence-electron chi connectivity index (χ3n) is 8.83. The molecule has 0 radical (unpaired) electrons. The zero-order valence-corrected chi connectivity index (χ0v) is 28.4. The monoisotopic (exact) mass is 710 g/mol. The van der Waals surface area contributed by atoms with Crippen molar-refractivity contribution in [1.29, 1.82) is 0 Å². The molecule has 11 unspecified atom stereocenters. The lowest BCUT2D eigenvalue weighted by molar-refractivity contribution is -0.326. The predicted octanol–water partition coefficient (Wildman–Crippen LogP) is 1.55. The summed E-state index contributed by atoms with van der Waals surface area (Å²) >= 11 is 0. The van der Waals surface area contributed by atoms with Crippen LogP contribution in [0.15, 0.2) is 42.5 Å². The van der Waals surface area contributed by atoms with Crippen molar-refractivity contribution in [2.24, 2.45) is 11.8 Å². The summed E-state index contributed by atoms with van der Waals surface area (Å²) in [5.41, 5.74) is -0.359. The van der Waals surface area contributed by atoms with Gasteiger partial charge in [-0.3, -0.25) is 0 Å². The van der Waals surface area contributed by atoms with E-state index in [0.717, 1.165) is 31.4 Å². The molecule has 50 heavy (non-hydrogen) atoms. The highest BCUT2D eigenvalue weighted by Crippen LogP contribution is 2.36. The molecule has 2 aliphatic heterocycles. The Labute approximate surface area is 290 Å². The largest absolute Gasteiger partial charge is 0.504 e. The number of benzene rings is 2. The number of rotatable bonds is 16. The first-order valence-electron chi connectivity index (χ1n) is 16.9. The van der Waals surface area contributed by atoms with E-state index in [4.69, 9.17) is 28.4 Å². The lowest BCUT2D eigenvalue weighted by Crippen LogP contribution is -2.63. The summed E-state index contributed by atoms with van der Waals surface area (Å²) in [5.74, 6) is -2.30. The highest BCUT2D eigenvalue weighted by Gasteiger charge is 2.50. The molecule has 280 valence electrons. The Balaban J connectivity index is 1.44. The first-order chi connectivity index (χ1) is 23.8. The number of phenolic OH excluding ortho intramolecular Hbond substituents is 3. The Morgan fingerprint density at radius 1 is 0.780 bits per heavy atom. The predicted molar refractivity (Wildman–Crippen MR) is 174 cm³/mol. The number of hydrogen-bond donors (Lipinski definition) is 8. The van der Waals surface area contributed by atoms with Crippen molar-refractivity contribution in [3.05, 3.63) is 48.0 Å². The molecular formula is C35H50O15. The number of carbonyl (C=O) groups excluding carboxylic acids is 1. The van der Waals surface area contributed by atoms with E-state index in [9.17, 15) is 45.6 Å². The summed E-state index contributed by atoms with van der Waals surface area (Å²) in [5, 5.41) is 83.2. The minimum atomic E-state index is -1.67. The van der Waals surface area contributed by atoms with E-state index >= 15 is 0 Å². The number of hydrogen-bond acceptors (Lipinski definition) is 15. The van der Waals surface area contributed by atoms with Crippen LogP contribution in [0, 0.1) is 11.8 Å². The van der Waals surface area contributed by atoms with E-state index in [-0.39, 0.29) is 18.1 Å². The molecule has 2 aromatic rings. The van der Waals surface area contributed by atoms with E-state index < -0.39 is 97.8 Å². The van der Waals surface area contributed by atoms with Crippen LogP contribution in [0.25, 0.3) is 0 Å². The molecule has 0 saturated carbocycles. The minimum Gasteiger partial charge on any atom is -0.504 e. The second-order valence-corrected chi connectivity index (χ2v) is 13.3. The molecule has 11 atom stereocenters. The van der Waals surface area contributed by atoms with Crippen molar-refractivity contribution >= 4 is 5.97 Å². The molecule has 0 aromatic heterocycles. The van der Waals surface area contributed by atoms with E-state index in [1.807, 2.05) is 0 Å². The van der Waals surface area contributed by atoms with Gasteiger partial charge in [-0.15, -0.1) is 0 Å². The Morgan fingerprint density at radius 2 is 1.42 bits per heavy atom. The third-order valence-corrected chi connectivity index (χ3v) is 8.83. The topological polar surface area (TPSA) is 234 Å². The summed E-state index contributed by atoms with van der Waals surface area (Å²) in [7, 11) is 0. The molecular weight excluding hydrogens is 660 g/mol. The summed E-state index contributed by atoms with van der Waals surface area (Å²) in [6.45, 7) is 5.35. The molecule has 0 spiro atoms. The smallest absolute Gasteiger partial charge is 0.340 e. The van der Waals surface area contributed by atoms with Gasteiger partial charge < -0.3 is 69.3 Å². The first-order valence-corrected chi connectivity index (χ1v) is 16.9. The number of ether oxygens (including phenoxy) is 6. The molecule has 15 heteroatoms. The first kappa shape index (κ1) is 39.5. The summed E-state index contributed by atoms with van der Waals surface area (Å²) in [4.78, 5) is 13.1. The molecule has 2 heterocycles. The summed E-state index contributed by atoms with van der Waals surface area (Å²) in [6, 6.07) is 10.2. The van der Waals surface area contributed by atoms with Crippen molar-refractivity contribution in [2.75, 3.05) is 19.8 Å². The summed E-state index contributed by atoms with van der Waals surface area (Å²) in [6.07, 6.45) is -11.1. The molecule has 0 amide bonds. The van der Waals surface area contributed by atoms with Gasteiger partial charge in [0.1, 0.15) is 48.5 Å². The molecule has 2 fully saturated rings. The molecule has 0 bridgehead atoms. The molecule has 8 N–H and O–H groups in total. The Kier molecular flexibility index (Phi) is 14.5. The zero-order valence-electron chi connectivity index (χ0n) is 28.4. The standard InChI is InChI=1S/C35H50O15/c1-18(2)8-7-9-19(3)12-13-45-32-28(41)27(40)25(49-35(32)50-33(44)20-14-22(37)26(39)23(38)15-20)17-46-34-30(43)29(42)31(24(16-36)48-34)47-21-10-5-4-6-11-21/h4-6,10-11,14-15,18-19,24-25,27-32,34-43H,7-9,12-13,16-17H2,1-3H3. The van der Waals surface area contributed by atoms with Crippen LogP contribution in [-0.2, 0) is 23.7 Å². The molecule has 2 aromatic carbocycles. The van der Waals surface area contributed by atoms with Crippen LogP contribution in [-0.4, -0.2) is 128 Å². The molecule has 15 nitrogen and oxygen atoms in total. The normalized spacial score (nSPS) is 30.6. The van der Waals surface area contributed by atoms with E-state index in [2.05, 4.69) is 20.8 Å². The number of para-hydroxylation sites is 1. The maximum absolute atomic E-state index is 13.1. The number of aromatic hydroxyl groups is 3. The van der Waals surface area contributed by atoms with Crippen LogP contribution < -0.4 is 4.74 Å². The van der Waals surface area contributed by atoms with E-state index in [1.54, 1.807) is 30.3 Å². The quantitative estimate of drug-likeness (QED) is 0.0912. The Morgan fingerprint density at radius 3 is 2.06 bits per heavy atom. The lowest BCUT2D eigenvalue weighted by atomic mass is 9.97. The van der Waals surface area contributed by atoms with Gasteiger partial charge in [-0.05, 0) is 42.5 Å². The Hall–Kier alpha value is -3.25. The highest BCUT2D eigenvalue weighted by atomic mass is 16.7. The van der Waals surface area contributed by atoms with Gasteiger partial charge in [-0.1, -0.05) is 58.2 Å². The molecule has 2 saturated heterocycles. The van der Waals surface area contributed by atoms with Gasteiger partial charge in [0.25, 0.3) is 0 Å². The molecule has 4 rings (SSSR count). The van der Waals surface area contributed by atoms with Crippen LogP contribution in [0.4, 0.5) is 0 Å². The fraction of sp³-hybridized carbons (Fsp3) is 0.629. The second-order valence-electron chi connectivity index (χ2n) is 13.3. The number of aliphatic hydroxyl groups is 5. The van der Waals surface area contributed by atoms with Crippen LogP contribution in [0.3, 0.4) is 0 Å². The van der Waals surface area contributed by atoms with Gasteiger partial charge in [0.2, 0.25) is 6.29 Å². The van der Waals surface area contributed by atoms with Crippen LogP contribution in [0.5, 0.6) is 23.0 Å². The maximum atomic E-state index is 13.1. The van der Waals surface area contributed by atoms with Gasteiger partial charge in [0, 0.05) is 6.61 Å². The van der Waals surface area contributed by atoms with Gasteiger partial charge in [-0.25, -0.2) is 4.79 Å². The molecule has 0 aliphatic carbocycles. The van der Waals surface area contributed by atoms with Crippen LogP contribution in [0.1, 0.15) is 56.8 Å². The maximum Gasteiger partial charge on any atom is 0.340 e. The van der Waals surface area contributed by atoms with Crippen molar-refractivity contribution in [1.82, 2.24) is 0 Å². The van der Waals surface area contributed by atoms with Crippen LogP contribution in [0.2, 0.25) is 0 Å². The number of esters is 1. The fourth-order valence-corrected chi connectivity index (χ4v) is 5.82. The zero-order chi connectivity index (χ0) is 36.5. The Bertz CT molecular complexity index is 1320. The number of carbonyl (C=O) groups is 1. The van der Waals surface area contributed by atoms with Gasteiger partial charge in [0.15, 0.2) is 29.6 Å². The van der Waals surface area contributed by atoms with Gasteiger partial charge in [-0.2, -0.15) is 0 Å². The third kappa shape index (κ3) is 10.2. The van der Waals surface area contributed by atoms with Gasteiger partial charge >= 0.3 is 5.97 Å². The van der Waals surface area contributed by atoms with Crippen molar-refractivity contribution in [3.63, 3.8) is 0 Å². The van der Waals surface area contributed by atoms with Crippen LogP contribution >= 0.6 is 0 Å². The second kappa shape index (κ2) is 18.3. The molecule has 2 aliphatic rings. The SMILES string of the molecule is CC(C)CCCC(C)CCOC1C(OC(=O)c2cc(O)c(O)c(O)c2)OC(COC2OC(CO)C(Oc3ccccc3)C(O)C2O)C(O)C1O. The van der Waals surface area contributed by atoms with Crippen molar-refractivity contribution in [3.8, 4) is 23.0 Å². The van der Waals surface area contributed by atoms with E-state index in [1.165, 1.54) is 0 Å². The number of phenols is 3. The summed E-state index contributed by atoms with van der Waals surface area (Å²) < 4.78 is 34.4. The van der Waals surface area contributed by atoms with Gasteiger partial charge in [0.05, 0.1) is 18.8 Å². The average Bonchev–Trinajstić information content (AvgIpc) is 3.08. The van der Waals surface area contributed by atoms with E-state index in [0.29, 0.717) is 18.1 Å².